The van der Waals surface area contributed by atoms with Gasteiger partial charge in [-0.15, -0.1) is 11.3 Å². The molecule has 0 aliphatic rings. The minimum atomic E-state index is -0.123. The molecule has 0 saturated carbocycles. The molecular formula is C24H20ClN3OS. The van der Waals surface area contributed by atoms with E-state index >= 15 is 0 Å². The number of nitrogens with zero attached hydrogens (tertiary/aromatic N) is 1. The predicted octanol–water partition coefficient (Wildman–Crippen LogP) is 7.08. The number of aromatic nitrogens is 1. The van der Waals surface area contributed by atoms with Gasteiger partial charge in [-0.25, -0.2) is 4.98 Å². The fraction of sp³-hybridized carbons (Fsp3) is 0.0833. The average Bonchev–Trinajstić information content (AvgIpc) is 3.20. The van der Waals surface area contributed by atoms with Gasteiger partial charge in [0.1, 0.15) is 0 Å². The van der Waals surface area contributed by atoms with E-state index in [9.17, 15) is 4.79 Å². The van der Waals surface area contributed by atoms with Crippen molar-refractivity contribution in [3.63, 3.8) is 0 Å². The van der Waals surface area contributed by atoms with Gasteiger partial charge in [0.25, 0.3) is 5.91 Å². The molecule has 3 aromatic carbocycles. The van der Waals surface area contributed by atoms with Gasteiger partial charge in [-0.2, -0.15) is 0 Å². The number of aryl methyl sites for hydroxylation is 2. The molecule has 30 heavy (non-hydrogen) atoms. The van der Waals surface area contributed by atoms with Crippen LogP contribution < -0.4 is 10.6 Å². The molecule has 0 saturated heterocycles. The van der Waals surface area contributed by atoms with Crippen LogP contribution in [0, 0.1) is 13.8 Å². The zero-order chi connectivity index (χ0) is 21.1. The third kappa shape index (κ3) is 4.53. The molecule has 2 N–H and O–H groups in total. The lowest BCUT2D eigenvalue weighted by Gasteiger charge is -2.09. The highest BCUT2D eigenvalue weighted by Crippen LogP contribution is 2.30. The second kappa shape index (κ2) is 8.69. The smallest absolute Gasteiger partial charge is 0.255 e. The Morgan fingerprint density at radius 3 is 2.63 bits per heavy atom. The molecule has 1 aromatic heterocycles. The van der Waals surface area contributed by atoms with Crippen LogP contribution in [0.5, 0.6) is 0 Å². The van der Waals surface area contributed by atoms with Gasteiger partial charge in [-0.05, 0) is 55.3 Å². The molecule has 0 unspecified atom stereocenters. The number of halogens is 1. The molecule has 0 aliphatic carbocycles. The van der Waals surface area contributed by atoms with Crippen LogP contribution in [0.2, 0.25) is 5.02 Å². The molecule has 0 spiro atoms. The van der Waals surface area contributed by atoms with Crippen LogP contribution in [0.3, 0.4) is 0 Å². The highest BCUT2D eigenvalue weighted by molar-refractivity contribution is 7.14. The lowest BCUT2D eigenvalue weighted by Crippen LogP contribution is -2.13. The SMILES string of the molecule is Cc1ccc(Cl)cc1Nc1nc(-c2cccc(NC(=O)c3ccccc3C)c2)cs1. The minimum Gasteiger partial charge on any atom is -0.331 e. The van der Waals surface area contributed by atoms with Gasteiger partial charge in [-0.1, -0.05) is 48.0 Å². The first-order chi connectivity index (χ1) is 14.5. The average molecular weight is 434 g/mol. The standard InChI is InChI=1S/C24H20ClN3OS/c1-15-6-3-4-9-20(15)23(29)26-19-8-5-7-17(12-19)22-14-30-24(28-22)27-21-13-18(25)11-10-16(21)2/h3-14H,1-2H3,(H,26,29)(H,27,28). The predicted molar refractivity (Wildman–Crippen MR) is 126 cm³/mol. The first-order valence-electron chi connectivity index (χ1n) is 9.46. The van der Waals surface area contributed by atoms with Gasteiger partial charge >= 0.3 is 0 Å². The summed E-state index contributed by atoms with van der Waals surface area (Å²) in [6, 6.07) is 21.0. The number of anilines is 3. The molecule has 4 aromatic rings. The lowest BCUT2D eigenvalue weighted by atomic mass is 10.1. The van der Waals surface area contributed by atoms with Crippen molar-refractivity contribution in [1.29, 1.82) is 0 Å². The molecular weight excluding hydrogens is 414 g/mol. The number of rotatable bonds is 5. The molecule has 4 rings (SSSR count). The Kier molecular flexibility index (Phi) is 5.84. The molecule has 0 bridgehead atoms. The topological polar surface area (TPSA) is 54.0 Å². The third-order valence-electron chi connectivity index (χ3n) is 4.75. The van der Waals surface area contributed by atoms with Gasteiger partial charge in [0.2, 0.25) is 0 Å². The quantitative estimate of drug-likeness (QED) is 0.353. The summed E-state index contributed by atoms with van der Waals surface area (Å²) in [7, 11) is 0. The van der Waals surface area contributed by atoms with E-state index in [0.29, 0.717) is 10.6 Å². The third-order valence-corrected chi connectivity index (χ3v) is 5.74. The fourth-order valence-electron chi connectivity index (χ4n) is 3.09. The fourth-order valence-corrected chi connectivity index (χ4v) is 3.99. The molecule has 0 radical (unpaired) electrons. The van der Waals surface area contributed by atoms with E-state index in [4.69, 9.17) is 16.6 Å². The Balaban J connectivity index is 1.52. The van der Waals surface area contributed by atoms with Gasteiger partial charge in [0.05, 0.1) is 5.69 Å². The van der Waals surface area contributed by atoms with E-state index in [2.05, 4.69) is 10.6 Å². The van der Waals surface area contributed by atoms with Crippen molar-refractivity contribution in [1.82, 2.24) is 4.98 Å². The van der Waals surface area contributed by atoms with Crippen LogP contribution in [-0.2, 0) is 0 Å². The Hall–Kier alpha value is -3.15. The van der Waals surface area contributed by atoms with E-state index in [1.165, 1.54) is 11.3 Å². The first kappa shape index (κ1) is 20.1. The second-order valence-electron chi connectivity index (χ2n) is 6.97. The zero-order valence-electron chi connectivity index (χ0n) is 16.6. The molecule has 0 fully saturated rings. The molecule has 0 atom stereocenters. The number of carbonyl (C=O) groups is 1. The maximum Gasteiger partial charge on any atom is 0.255 e. The van der Waals surface area contributed by atoms with Crippen LogP contribution in [0.25, 0.3) is 11.3 Å². The van der Waals surface area contributed by atoms with Crippen LogP contribution in [0.4, 0.5) is 16.5 Å². The Morgan fingerprint density at radius 1 is 0.967 bits per heavy atom. The summed E-state index contributed by atoms with van der Waals surface area (Å²) < 4.78 is 0. The van der Waals surface area contributed by atoms with Crippen molar-refractivity contribution < 1.29 is 4.79 Å². The molecule has 6 heteroatoms. The largest absolute Gasteiger partial charge is 0.331 e. The summed E-state index contributed by atoms with van der Waals surface area (Å²) in [5.41, 5.74) is 6.14. The van der Waals surface area contributed by atoms with Gasteiger partial charge < -0.3 is 10.6 Å². The summed E-state index contributed by atoms with van der Waals surface area (Å²) in [5.74, 6) is -0.123. The monoisotopic (exact) mass is 433 g/mol. The van der Waals surface area contributed by atoms with Crippen LogP contribution in [-0.4, -0.2) is 10.9 Å². The number of benzene rings is 3. The Morgan fingerprint density at radius 2 is 1.80 bits per heavy atom. The van der Waals surface area contributed by atoms with E-state index in [-0.39, 0.29) is 5.91 Å². The number of thiazole rings is 1. The normalized spacial score (nSPS) is 10.6. The first-order valence-corrected chi connectivity index (χ1v) is 10.7. The number of amides is 1. The Bertz CT molecular complexity index is 1220. The Labute approximate surface area is 184 Å². The van der Waals surface area contributed by atoms with Gasteiger partial charge in [-0.3, -0.25) is 4.79 Å². The van der Waals surface area contributed by atoms with Crippen molar-refractivity contribution in [3.8, 4) is 11.3 Å². The number of hydrogen-bond acceptors (Lipinski definition) is 4. The van der Waals surface area contributed by atoms with E-state index in [1.807, 2.05) is 86.0 Å². The van der Waals surface area contributed by atoms with Crippen molar-refractivity contribution in [2.24, 2.45) is 0 Å². The molecule has 0 aliphatic heterocycles. The summed E-state index contributed by atoms with van der Waals surface area (Å²) in [6.45, 7) is 3.95. The van der Waals surface area contributed by atoms with Crippen molar-refractivity contribution in [2.45, 2.75) is 13.8 Å². The van der Waals surface area contributed by atoms with E-state index in [1.54, 1.807) is 0 Å². The van der Waals surface area contributed by atoms with Crippen molar-refractivity contribution in [2.75, 3.05) is 10.6 Å². The summed E-state index contributed by atoms with van der Waals surface area (Å²) in [4.78, 5) is 17.3. The van der Waals surface area contributed by atoms with Gasteiger partial charge in [0, 0.05) is 32.9 Å². The van der Waals surface area contributed by atoms with Crippen LogP contribution in [0.15, 0.2) is 72.1 Å². The lowest BCUT2D eigenvalue weighted by molar-refractivity contribution is 0.102. The highest BCUT2D eigenvalue weighted by atomic mass is 35.5. The summed E-state index contributed by atoms with van der Waals surface area (Å²) in [6.07, 6.45) is 0. The molecule has 4 nitrogen and oxygen atoms in total. The summed E-state index contributed by atoms with van der Waals surface area (Å²) in [5, 5.41) is 9.76. The number of carbonyl (C=O) groups excluding carboxylic acids is 1. The molecule has 1 amide bonds. The number of hydrogen-bond donors (Lipinski definition) is 2. The second-order valence-corrected chi connectivity index (χ2v) is 8.27. The van der Waals surface area contributed by atoms with Crippen LogP contribution >= 0.6 is 22.9 Å². The molecule has 1 heterocycles. The van der Waals surface area contributed by atoms with Crippen molar-refractivity contribution >= 4 is 45.4 Å². The van der Waals surface area contributed by atoms with E-state index in [0.717, 1.165) is 38.9 Å². The van der Waals surface area contributed by atoms with E-state index < -0.39 is 0 Å². The molecule has 150 valence electrons. The maximum atomic E-state index is 12.6. The number of nitrogens with one attached hydrogen (secondary N) is 2. The maximum absolute atomic E-state index is 12.6. The minimum absolute atomic E-state index is 0.123. The highest BCUT2D eigenvalue weighted by Gasteiger charge is 2.11. The zero-order valence-corrected chi connectivity index (χ0v) is 18.1. The van der Waals surface area contributed by atoms with Crippen molar-refractivity contribution in [3.05, 3.63) is 93.8 Å². The van der Waals surface area contributed by atoms with Crippen LogP contribution in [0.1, 0.15) is 21.5 Å². The summed E-state index contributed by atoms with van der Waals surface area (Å²) >= 11 is 7.63. The van der Waals surface area contributed by atoms with Gasteiger partial charge in [0.15, 0.2) is 5.13 Å².